The van der Waals surface area contributed by atoms with Crippen LogP contribution in [0.5, 0.6) is 0 Å². The van der Waals surface area contributed by atoms with Gasteiger partial charge in [0.2, 0.25) is 0 Å². The SMILES string of the molecule is CC1CN(C(=O)c2c[nH]c3cc(N)ccc23)CCO1. The molecule has 19 heavy (non-hydrogen) atoms. The fourth-order valence-corrected chi connectivity index (χ4v) is 2.49. The van der Waals surface area contributed by atoms with Crippen molar-refractivity contribution in [2.45, 2.75) is 13.0 Å². The summed E-state index contributed by atoms with van der Waals surface area (Å²) in [5.41, 5.74) is 8.02. The van der Waals surface area contributed by atoms with Crippen LogP contribution in [0.2, 0.25) is 0 Å². The zero-order valence-electron chi connectivity index (χ0n) is 10.8. The first-order valence-electron chi connectivity index (χ1n) is 6.42. The largest absolute Gasteiger partial charge is 0.399 e. The van der Waals surface area contributed by atoms with Crippen LogP contribution in [0.4, 0.5) is 5.69 Å². The van der Waals surface area contributed by atoms with E-state index in [0.29, 0.717) is 30.9 Å². The second-order valence-corrected chi connectivity index (χ2v) is 4.94. The van der Waals surface area contributed by atoms with E-state index in [-0.39, 0.29) is 12.0 Å². The van der Waals surface area contributed by atoms with Crippen LogP contribution in [0.25, 0.3) is 10.9 Å². The average molecular weight is 259 g/mol. The van der Waals surface area contributed by atoms with Crippen LogP contribution >= 0.6 is 0 Å². The monoisotopic (exact) mass is 259 g/mol. The molecule has 0 saturated carbocycles. The molecule has 1 unspecified atom stereocenters. The molecule has 1 aliphatic heterocycles. The molecule has 0 bridgehead atoms. The third-order valence-corrected chi connectivity index (χ3v) is 3.46. The summed E-state index contributed by atoms with van der Waals surface area (Å²) in [6, 6.07) is 5.54. The fourth-order valence-electron chi connectivity index (χ4n) is 2.49. The van der Waals surface area contributed by atoms with E-state index < -0.39 is 0 Å². The summed E-state index contributed by atoms with van der Waals surface area (Å²) < 4.78 is 5.46. The highest BCUT2D eigenvalue weighted by atomic mass is 16.5. The molecule has 1 aliphatic rings. The molecule has 1 fully saturated rings. The summed E-state index contributed by atoms with van der Waals surface area (Å²) in [6.45, 7) is 3.86. The number of aromatic nitrogens is 1. The van der Waals surface area contributed by atoms with Crippen LogP contribution in [0, 0.1) is 0 Å². The summed E-state index contributed by atoms with van der Waals surface area (Å²) in [4.78, 5) is 17.5. The third-order valence-electron chi connectivity index (χ3n) is 3.46. The number of carbonyl (C=O) groups excluding carboxylic acids is 1. The maximum absolute atomic E-state index is 12.5. The fraction of sp³-hybridized carbons (Fsp3) is 0.357. The molecule has 1 aromatic heterocycles. The molecule has 3 rings (SSSR count). The van der Waals surface area contributed by atoms with Crippen LogP contribution in [0.3, 0.4) is 0 Å². The van der Waals surface area contributed by atoms with Crippen molar-refractivity contribution in [3.8, 4) is 0 Å². The number of benzene rings is 1. The van der Waals surface area contributed by atoms with Crippen LogP contribution in [-0.4, -0.2) is 41.6 Å². The number of anilines is 1. The highest BCUT2D eigenvalue weighted by molar-refractivity contribution is 6.07. The number of nitrogens with two attached hydrogens (primary N) is 1. The minimum Gasteiger partial charge on any atom is -0.399 e. The van der Waals surface area contributed by atoms with E-state index in [0.717, 1.165) is 10.9 Å². The van der Waals surface area contributed by atoms with Gasteiger partial charge in [-0.1, -0.05) is 0 Å². The average Bonchev–Trinajstić information content (AvgIpc) is 2.80. The van der Waals surface area contributed by atoms with E-state index in [4.69, 9.17) is 10.5 Å². The number of amides is 1. The molecular weight excluding hydrogens is 242 g/mol. The number of hydrogen-bond acceptors (Lipinski definition) is 3. The van der Waals surface area contributed by atoms with Crippen molar-refractivity contribution in [1.29, 1.82) is 0 Å². The van der Waals surface area contributed by atoms with Crippen molar-refractivity contribution in [2.24, 2.45) is 0 Å². The smallest absolute Gasteiger partial charge is 0.256 e. The summed E-state index contributed by atoms with van der Waals surface area (Å²) in [7, 11) is 0. The van der Waals surface area contributed by atoms with E-state index in [9.17, 15) is 4.79 Å². The maximum atomic E-state index is 12.5. The number of nitrogens with one attached hydrogen (secondary N) is 1. The van der Waals surface area contributed by atoms with Gasteiger partial charge in [0.15, 0.2) is 0 Å². The molecule has 1 saturated heterocycles. The van der Waals surface area contributed by atoms with Crippen molar-refractivity contribution in [3.63, 3.8) is 0 Å². The van der Waals surface area contributed by atoms with Crippen molar-refractivity contribution >= 4 is 22.5 Å². The molecule has 1 amide bonds. The molecule has 3 N–H and O–H groups in total. The summed E-state index contributed by atoms with van der Waals surface area (Å²) in [5, 5.41) is 0.915. The first-order valence-corrected chi connectivity index (χ1v) is 6.42. The van der Waals surface area contributed by atoms with Gasteiger partial charge in [-0.25, -0.2) is 0 Å². The number of morpholine rings is 1. The van der Waals surface area contributed by atoms with Crippen LogP contribution in [0.1, 0.15) is 17.3 Å². The molecule has 5 heteroatoms. The lowest BCUT2D eigenvalue weighted by molar-refractivity contribution is -0.0123. The second-order valence-electron chi connectivity index (χ2n) is 4.94. The topological polar surface area (TPSA) is 71.4 Å². The van der Waals surface area contributed by atoms with Gasteiger partial charge in [-0.15, -0.1) is 0 Å². The number of rotatable bonds is 1. The lowest BCUT2D eigenvalue weighted by Gasteiger charge is -2.31. The predicted octanol–water partition coefficient (Wildman–Crippen LogP) is 1.61. The van der Waals surface area contributed by atoms with Crippen LogP contribution in [0.15, 0.2) is 24.4 Å². The molecule has 1 atom stereocenters. The van der Waals surface area contributed by atoms with Crippen molar-refractivity contribution in [2.75, 3.05) is 25.4 Å². The Morgan fingerprint density at radius 1 is 1.53 bits per heavy atom. The number of hydrogen-bond donors (Lipinski definition) is 2. The number of H-pyrrole nitrogens is 1. The number of carbonyl (C=O) groups is 1. The van der Waals surface area contributed by atoms with E-state index >= 15 is 0 Å². The molecule has 2 aromatic rings. The van der Waals surface area contributed by atoms with Crippen LogP contribution in [-0.2, 0) is 4.74 Å². The van der Waals surface area contributed by atoms with Gasteiger partial charge in [0, 0.05) is 35.9 Å². The summed E-state index contributed by atoms with van der Waals surface area (Å²) in [5.74, 6) is 0.0474. The maximum Gasteiger partial charge on any atom is 0.256 e. The van der Waals surface area contributed by atoms with Gasteiger partial charge in [-0.05, 0) is 25.1 Å². The Hall–Kier alpha value is -2.01. The molecule has 100 valence electrons. The Morgan fingerprint density at radius 2 is 2.37 bits per heavy atom. The normalized spacial score (nSPS) is 19.8. The lowest BCUT2D eigenvalue weighted by atomic mass is 10.1. The zero-order valence-corrected chi connectivity index (χ0v) is 10.8. The minimum atomic E-state index is 0.0474. The third kappa shape index (κ3) is 2.17. The molecule has 0 spiro atoms. The van der Waals surface area contributed by atoms with Crippen molar-refractivity contribution in [3.05, 3.63) is 30.0 Å². The standard InChI is InChI=1S/C14H17N3O2/c1-9-8-17(4-5-19-9)14(18)12-7-16-13-6-10(15)2-3-11(12)13/h2-3,6-7,9,16H,4-5,8,15H2,1H3. The van der Waals surface area contributed by atoms with E-state index in [1.54, 1.807) is 6.20 Å². The van der Waals surface area contributed by atoms with E-state index in [2.05, 4.69) is 4.98 Å². The highest BCUT2D eigenvalue weighted by Gasteiger charge is 2.24. The van der Waals surface area contributed by atoms with Gasteiger partial charge in [0.25, 0.3) is 5.91 Å². The first-order chi connectivity index (χ1) is 9.15. The highest BCUT2D eigenvalue weighted by Crippen LogP contribution is 2.22. The second kappa shape index (κ2) is 4.59. The Kier molecular flexibility index (Phi) is 2.91. The summed E-state index contributed by atoms with van der Waals surface area (Å²) in [6.07, 6.45) is 1.85. The van der Waals surface area contributed by atoms with Crippen molar-refractivity contribution in [1.82, 2.24) is 9.88 Å². The van der Waals surface area contributed by atoms with Gasteiger partial charge in [-0.2, -0.15) is 0 Å². The molecule has 0 aliphatic carbocycles. The van der Waals surface area contributed by atoms with Crippen LogP contribution < -0.4 is 5.73 Å². The van der Waals surface area contributed by atoms with Gasteiger partial charge in [-0.3, -0.25) is 4.79 Å². The van der Waals surface area contributed by atoms with Gasteiger partial charge >= 0.3 is 0 Å². The Balaban J connectivity index is 1.93. The molecule has 1 aromatic carbocycles. The Bertz CT molecular complexity index is 620. The quantitative estimate of drug-likeness (QED) is 0.764. The van der Waals surface area contributed by atoms with Crippen molar-refractivity contribution < 1.29 is 9.53 Å². The van der Waals surface area contributed by atoms with Gasteiger partial charge < -0.3 is 20.4 Å². The number of nitrogens with zero attached hydrogens (tertiary/aromatic N) is 1. The number of nitrogen functional groups attached to an aromatic ring is 1. The molecule has 5 nitrogen and oxygen atoms in total. The molecule has 2 heterocycles. The Morgan fingerprint density at radius 3 is 3.16 bits per heavy atom. The molecular formula is C14H17N3O2. The number of ether oxygens (including phenoxy) is 1. The first kappa shape index (κ1) is 12.0. The zero-order chi connectivity index (χ0) is 13.4. The molecule has 0 radical (unpaired) electrons. The predicted molar refractivity (Wildman–Crippen MR) is 74.0 cm³/mol. The summed E-state index contributed by atoms with van der Waals surface area (Å²) >= 11 is 0. The number of fused-ring (bicyclic) bond motifs is 1. The van der Waals surface area contributed by atoms with E-state index in [1.807, 2.05) is 30.0 Å². The lowest BCUT2D eigenvalue weighted by Crippen LogP contribution is -2.44. The minimum absolute atomic E-state index is 0.0474. The van der Waals surface area contributed by atoms with Gasteiger partial charge in [0.1, 0.15) is 0 Å². The van der Waals surface area contributed by atoms with E-state index in [1.165, 1.54) is 0 Å². The Labute approximate surface area is 111 Å². The van der Waals surface area contributed by atoms with Gasteiger partial charge in [0.05, 0.1) is 18.3 Å². The number of aromatic amines is 1.